The minimum absolute atomic E-state index is 0.0625. The minimum Gasteiger partial charge on any atom is -0.258 e. The topological polar surface area (TPSA) is 97.6 Å². The molecule has 0 radical (unpaired) electrons. The molecule has 0 atom stereocenters. The van der Waals surface area contributed by atoms with Crippen molar-refractivity contribution in [2.45, 2.75) is 25.3 Å². The molecule has 1 aliphatic rings. The molecule has 1 fully saturated rings. The quantitative estimate of drug-likeness (QED) is 0.624. The maximum absolute atomic E-state index is 10.6. The molecule has 1 aromatic heterocycles. The van der Waals surface area contributed by atoms with Gasteiger partial charge in [-0.1, -0.05) is 17.3 Å². The lowest BCUT2D eigenvalue weighted by Gasteiger charge is -2.05. The minimum atomic E-state index is -0.428. The number of hydrogen-bond donors (Lipinski definition) is 0. The monoisotopic (exact) mass is 269 g/mol. The van der Waals surface area contributed by atoms with Crippen LogP contribution in [0, 0.1) is 21.4 Å². The Bertz CT molecular complexity index is 695. The van der Waals surface area contributed by atoms with Crippen molar-refractivity contribution in [2.75, 3.05) is 0 Å². The molecule has 0 amide bonds. The van der Waals surface area contributed by atoms with E-state index in [1.165, 1.54) is 12.1 Å². The molecule has 1 saturated carbocycles. The number of non-ortho nitro benzene ring substituents is 1. The van der Waals surface area contributed by atoms with E-state index in [1.807, 2.05) is 0 Å². The molecule has 0 unspecified atom stereocenters. The second-order valence-electron chi connectivity index (χ2n) is 4.79. The Kier molecular flexibility index (Phi) is 2.91. The largest absolute Gasteiger partial charge is 0.269 e. The molecule has 3 rings (SSSR count). The molecule has 0 bridgehead atoms. The summed E-state index contributed by atoms with van der Waals surface area (Å²) in [5.74, 6) is 0.373. The summed E-state index contributed by atoms with van der Waals surface area (Å²) in [6.45, 7) is 0.471. The normalized spacial score (nSPS) is 13.9. The highest BCUT2D eigenvalue weighted by Gasteiger charge is 2.31. The third kappa shape index (κ3) is 2.23. The Hall–Kier alpha value is -2.75. The van der Waals surface area contributed by atoms with Gasteiger partial charge in [-0.05, 0) is 18.4 Å². The third-order valence-corrected chi connectivity index (χ3v) is 3.32. The lowest BCUT2D eigenvalue weighted by atomic mass is 10.2. The Morgan fingerprint density at radius 2 is 2.10 bits per heavy atom. The van der Waals surface area contributed by atoms with Crippen LogP contribution in [0.1, 0.15) is 35.7 Å². The van der Waals surface area contributed by atoms with Gasteiger partial charge in [0, 0.05) is 18.1 Å². The van der Waals surface area contributed by atoms with Crippen molar-refractivity contribution in [1.82, 2.24) is 15.0 Å². The lowest BCUT2D eigenvalue weighted by Crippen LogP contribution is -2.06. The molecule has 1 aliphatic carbocycles. The van der Waals surface area contributed by atoms with E-state index in [0.29, 0.717) is 18.2 Å². The predicted molar refractivity (Wildman–Crippen MR) is 68.9 cm³/mol. The first-order chi connectivity index (χ1) is 9.69. The van der Waals surface area contributed by atoms with Gasteiger partial charge < -0.3 is 0 Å². The number of nitrogens with zero attached hydrogens (tertiary/aromatic N) is 5. The first-order valence-corrected chi connectivity index (χ1v) is 6.26. The molecule has 0 N–H and O–H groups in total. The summed E-state index contributed by atoms with van der Waals surface area (Å²) >= 11 is 0. The van der Waals surface area contributed by atoms with Crippen LogP contribution >= 0.6 is 0 Å². The van der Waals surface area contributed by atoms with Gasteiger partial charge in [-0.25, -0.2) is 4.68 Å². The first-order valence-electron chi connectivity index (χ1n) is 6.26. The molecule has 100 valence electrons. The van der Waals surface area contributed by atoms with Crippen LogP contribution in [-0.4, -0.2) is 19.9 Å². The summed E-state index contributed by atoms with van der Waals surface area (Å²) in [6.07, 6.45) is 2.12. The number of nitriles is 1. The fourth-order valence-electron chi connectivity index (χ4n) is 2.17. The Morgan fingerprint density at radius 1 is 1.40 bits per heavy atom. The van der Waals surface area contributed by atoms with Crippen molar-refractivity contribution in [3.63, 3.8) is 0 Å². The SMILES string of the molecule is N#Cc1nnn(Cc2ccc([N+](=O)[O-])cc2)c1C1CC1. The maximum Gasteiger partial charge on any atom is 0.269 e. The number of nitro groups is 1. The number of benzene rings is 1. The van der Waals surface area contributed by atoms with Gasteiger partial charge in [0.15, 0.2) is 5.69 Å². The molecular formula is C13H11N5O2. The van der Waals surface area contributed by atoms with Crippen molar-refractivity contribution >= 4 is 5.69 Å². The summed E-state index contributed by atoms with van der Waals surface area (Å²) in [6, 6.07) is 8.39. The van der Waals surface area contributed by atoms with Crippen LogP contribution in [0.25, 0.3) is 0 Å². The highest BCUT2D eigenvalue weighted by atomic mass is 16.6. The molecular weight excluding hydrogens is 258 g/mol. The Balaban J connectivity index is 1.86. The molecule has 20 heavy (non-hydrogen) atoms. The average Bonchev–Trinajstić information content (AvgIpc) is 3.21. The first kappa shape index (κ1) is 12.3. The van der Waals surface area contributed by atoms with Gasteiger partial charge in [-0.3, -0.25) is 10.1 Å². The molecule has 2 aromatic rings. The molecule has 1 heterocycles. The summed E-state index contributed by atoms with van der Waals surface area (Å²) in [5.41, 5.74) is 2.22. The zero-order valence-corrected chi connectivity index (χ0v) is 10.6. The molecule has 0 spiro atoms. The van der Waals surface area contributed by atoms with E-state index < -0.39 is 4.92 Å². The van der Waals surface area contributed by atoms with E-state index in [1.54, 1.807) is 16.8 Å². The lowest BCUT2D eigenvalue weighted by molar-refractivity contribution is -0.384. The highest BCUT2D eigenvalue weighted by molar-refractivity contribution is 5.34. The third-order valence-electron chi connectivity index (χ3n) is 3.32. The summed E-state index contributed by atoms with van der Waals surface area (Å²) in [4.78, 5) is 10.2. The number of hydrogen-bond acceptors (Lipinski definition) is 5. The fraction of sp³-hybridized carbons (Fsp3) is 0.308. The molecule has 0 saturated heterocycles. The van der Waals surface area contributed by atoms with E-state index >= 15 is 0 Å². The number of aromatic nitrogens is 3. The van der Waals surface area contributed by atoms with E-state index in [2.05, 4.69) is 16.4 Å². The van der Waals surface area contributed by atoms with E-state index in [4.69, 9.17) is 5.26 Å². The summed E-state index contributed by atoms with van der Waals surface area (Å²) in [7, 11) is 0. The van der Waals surface area contributed by atoms with Crippen molar-refractivity contribution in [3.05, 3.63) is 51.3 Å². The van der Waals surface area contributed by atoms with Gasteiger partial charge in [0.25, 0.3) is 5.69 Å². The van der Waals surface area contributed by atoms with Gasteiger partial charge >= 0.3 is 0 Å². The van der Waals surface area contributed by atoms with E-state index in [-0.39, 0.29) is 5.69 Å². The van der Waals surface area contributed by atoms with Crippen molar-refractivity contribution in [2.24, 2.45) is 0 Å². The zero-order valence-electron chi connectivity index (χ0n) is 10.6. The second kappa shape index (κ2) is 4.74. The van der Waals surface area contributed by atoms with Crippen molar-refractivity contribution in [3.8, 4) is 6.07 Å². The number of rotatable bonds is 4. The van der Waals surface area contributed by atoms with Crippen LogP contribution in [0.3, 0.4) is 0 Å². The van der Waals surface area contributed by atoms with Crippen molar-refractivity contribution in [1.29, 1.82) is 5.26 Å². The second-order valence-corrected chi connectivity index (χ2v) is 4.79. The van der Waals surface area contributed by atoms with Gasteiger partial charge in [0.1, 0.15) is 6.07 Å². The smallest absolute Gasteiger partial charge is 0.258 e. The van der Waals surface area contributed by atoms with Crippen LogP contribution in [0.15, 0.2) is 24.3 Å². The van der Waals surface area contributed by atoms with Gasteiger partial charge in [0.05, 0.1) is 17.2 Å². The Morgan fingerprint density at radius 3 is 2.65 bits per heavy atom. The van der Waals surface area contributed by atoms with Gasteiger partial charge in [-0.2, -0.15) is 5.26 Å². The maximum atomic E-state index is 10.6. The number of nitro benzene ring substituents is 1. The van der Waals surface area contributed by atoms with Crippen LogP contribution < -0.4 is 0 Å². The van der Waals surface area contributed by atoms with Crippen LogP contribution in [0.2, 0.25) is 0 Å². The molecule has 7 heteroatoms. The fourth-order valence-corrected chi connectivity index (χ4v) is 2.17. The molecule has 7 nitrogen and oxygen atoms in total. The summed E-state index contributed by atoms with van der Waals surface area (Å²) < 4.78 is 1.72. The standard InChI is InChI=1S/C13H11N5O2/c14-7-12-13(10-3-4-10)17(16-15-12)8-9-1-5-11(6-2-9)18(19)20/h1-2,5-6,10H,3-4,8H2. The van der Waals surface area contributed by atoms with Gasteiger partial charge in [0.2, 0.25) is 0 Å². The average molecular weight is 269 g/mol. The highest BCUT2D eigenvalue weighted by Crippen LogP contribution is 2.41. The van der Waals surface area contributed by atoms with E-state index in [0.717, 1.165) is 24.1 Å². The predicted octanol–water partition coefficient (Wildman–Crippen LogP) is 1.98. The molecule has 1 aromatic carbocycles. The Labute approximate surface area is 114 Å². The van der Waals surface area contributed by atoms with Crippen LogP contribution in [0.4, 0.5) is 5.69 Å². The molecule has 0 aliphatic heterocycles. The summed E-state index contributed by atoms with van der Waals surface area (Å²) in [5, 5.41) is 27.5. The van der Waals surface area contributed by atoms with Crippen molar-refractivity contribution < 1.29 is 4.92 Å². The van der Waals surface area contributed by atoms with E-state index in [9.17, 15) is 10.1 Å². The zero-order chi connectivity index (χ0) is 14.1. The van der Waals surface area contributed by atoms with Gasteiger partial charge in [-0.15, -0.1) is 5.10 Å². The van der Waals surface area contributed by atoms with Crippen LogP contribution in [0.5, 0.6) is 0 Å². The van der Waals surface area contributed by atoms with Crippen LogP contribution in [-0.2, 0) is 6.54 Å².